The molecule has 0 unspecified atom stereocenters. The van der Waals surface area contributed by atoms with E-state index in [2.05, 4.69) is 0 Å². The molecule has 0 heterocycles. The average Bonchev–Trinajstić information content (AvgIpc) is 2.14. The van der Waals surface area contributed by atoms with E-state index in [0.29, 0.717) is 5.92 Å². The average molecular weight is 244 g/mol. The first kappa shape index (κ1) is 13.3. The van der Waals surface area contributed by atoms with E-state index in [1.54, 1.807) is 18.2 Å². The SMILES string of the molecule is Cl.N[C@H](c1cccc(O)c1)[C@@H](O)C1CCC1. The number of nitrogens with two attached hydrogens (primary N) is 1. The molecule has 1 aromatic carbocycles. The Hall–Kier alpha value is -0.770. The zero-order valence-corrected chi connectivity index (χ0v) is 9.86. The lowest BCUT2D eigenvalue weighted by Gasteiger charge is -2.33. The molecule has 0 amide bonds. The van der Waals surface area contributed by atoms with E-state index in [0.717, 1.165) is 18.4 Å². The lowest BCUT2D eigenvalue weighted by molar-refractivity contribution is 0.0413. The van der Waals surface area contributed by atoms with E-state index in [4.69, 9.17) is 5.73 Å². The highest BCUT2D eigenvalue weighted by atomic mass is 35.5. The summed E-state index contributed by atoms with van der Waals surface area (Å²) in [5.74, 6) is 0.533. The van der Waals surface area contributed by atoms with Crippen molar-refractivity contribution in [2.24, 2.45) is 11.7 Å². The van der Waals surface area contributed by atoms with Crippen LogP contribution in [-0.4, -0.2) is 16.3 Å². The van der Waals surface area contributed by atoms with Gasteiger partial charge < -0.3 is 15.9 Å². The molecule has 1 aliphatic carbocycles. The van der Waals surface area contributed by atoms with Crippen molar-refractivity contribution < 1.29 is 10.2 Å². The fourth-order valence-corrected chi connectivity index (χ4v) is 2.00. The maximum Gasteiger partial charge on any atom is 0.115 e. The van der Waals surface area contributed by atoms with Crippen LogP contribution in [0, 0.1) is 5.92 Å². The van der Waals surface area contributed by atoms with Crippen LogP contribution in [0.3, 0.4) is 0 Å². The zero-order chi connectivity index (χ0) is 10.8. The first-order valence-electron chi connectivity index (χ1n) is 5.41. The van der Waals surface area contributed by atoms with Gasteiger partial charge in [0.25, 0.3) is 0 Å². The van der Waals surface area contributed by atoms with Crippen molar-refractivity contribution in [1.29, 1.82) is 0 Å². The lowest BCUT2D eigenvalue weighted by atomic mass is 9.77. The number of aliphatic hydroxyl groups is 1. The molecular formula is C12H18ClNO2. The molecular weight excluding hydrogens is 226 g/mol. The Bertz CT molecular complexity index is 342. The van der Waals surface area contributed by atoms with Gasteiger partial charge >= 0.3 is 0 Å². The summed E-state index contributed by atoms with van der Waals surface area (Å²) in [4.78, 5) is 0. The topological polar surface area (TPSA) is 66.5 Å². The van der Waals surface area contributed by atoms with Gasteiger partial charge in [-0.3, -0.25) is 0 Å². The Morgan fingerprint density at radius 2 is 2.00 bits per heavy atom. The molecule has 0 aromatic heterocycles. The van der Waals surface area contributed by atoms with Crippen LogP contribution in [0.1, 0.15) is 30.9 Å². The summed E-state index contributed by atoms with van der Waals surface area (Å²) in [6.07, 6.45) is 2.83. The molecule has 4 N–H and O–H groups in total. The molecule has 1 aliphatic rings. The summed E-state index contributed by atoms with van der Waals surface area (Å²) in [7, 11) is 0. The number of rotatable bonds is 3. The van der Waals surface area contributed by atoms with Gasteiger partial charge in [0, 0.05) is 0 Å². The van der Waals surface area contributed by atoms with E-state index < -0.39 is 6.10 Å². The van der Waals surface area contributed by atoms with Crippen LogP contribution in [0.4, 0.5) is 0 Å². The van der Waals surface area contributed by atoms with E-state index >= 15 is 0 Å². The largest absolute Gasteiger partial charge is 0.508 e. The van der Waals surface area contributed by atoms with Gasteiger partial charge in [-0.25, -0.2) is 0 Å². The highest BCUT2D eigenvalue weighted by Crippen LogP contribution is 2.34. The molecule has 1 fully saturated rings. The number of phenolic OH excluding ortho intramolecular Hbond substituents is 1. The summed E-state index contributed by atoms with van der Waals surface area (Å²) in [6, 6.07) is 6.42. The maximum absolute atomic E-state index is 9.98. The van der Waals surface area contributed by atoms with Gasteiger partial charge in [-0.15, -0.1) is 12.4 Å². The van der Waals surface area contributed by atoms with Crippen molar-refractivity contribution in [2.75, 3.05) is 0 Å². The quantitative estimate of drug-likeness (QED) is 0.761. The number of hydrogen-bond acceptors (Lipinski definition) is 3. The van der Waals surface area contributed by atoms with Crippen molar-refractivity contribution in [3.05, 3.63) is 29.8 Å². The third-order valence-corrected chi connectivity index (χ3v) is 3.26. The second-order valence-electron chi connectivity index (χ2n) is 4.30. The summed E-state index contributed by atoms with van der Waals surface area (Å²) < 4.78 is 0. The molecule has 16 heavy (non-hydrogen) atoms. The molecule has 0 radical (unpaired) electrons. The Kier molecular flexibility index (Phi) is 4.59. The Labute approximate surface area is 102 Å². The van der Waals surface area contributed by atoms with Gasteiger partial charge in [0.2, 0.25) is 0 Å². The second-order valence-corrected chi connectivity index (χ2v) is 4.30. The van der Waals surface area contributed by atoms with Crippen LogP contribution in [0.2, 0.25) is 0 Å². The Balaban J connectivity index is 0.00000128. The molecule has 1 aromatic rings. The number of benzene rings is 1. The molecule has 1 saturated carbocycles. The van der Waals surface area contributed by atoms with Gasteiger partial charge in [-0.1, -0.05) is 18.6 Å². The van der Waals surface area contributed by atoms with Crippen molar-refractivity contribution >= 4 is 12.4 Å². The van der Waals surface area contributed by atoms with Gasteiger partial charge in [-0.05, 0) is 36.5 Å². The highest BCUT2D eigenvalue weighted by molar-refractivity contribution is 5.85. The smallest absolute Gasteiger partial charge is 0.115 e. The van der Waals surface area contributed by atoms with Gasteiger partial charge in [0.1, 0.15) is 5.75 Å². The first-order chi connectivity index (χ1) is 7.18. The first-order valence-corrected chi connectivity index (χ1v) is 5.41. The van der Waals surface area contributed by atoms with Gasteiger partial charge in [0.05, 0.1) is 12.1 Å². The number of aromatic hydroxyl groups is 1. The molecule has 0 bridgehead atoms. The van der Waals surface area contributed by atoms with E-state index in [9.17, 15) is 10.2 Å². The van der Waals surface area contributed by atoms with E-state index in [1.807, 2.05) is 6.07 Å². The summed E-state index contributed by atoms with van der Waals surface area (Å²) in [5, 5.41) is 19.3. The summed E-state index contributed by atoms with van der Waals surface area (Å²) >= 11 is 0. The zero-order valence-electron chi connectivity index (χ0n) is 9.04. The molecule has 2 atom stereocenters. The monoisotopic (exact) mass is 243 g/mol. The number of halogens is 1. The predicted octanol–water partition coefficient (Wildman–Crippen LogP) is 1.97. The van der Waals surface area contributed by atoms with Crippen LogP contribution < -0.4 is 5.73 Å². The van der Waals surface area contributed by atoms with Gasteiger partial charge in [-0.2, -0.15) is 0 Å². The fraction of sp³-hybridized carbons (Fsp3) is 0.500. The van der Waals surface area contributed by atoms with Crippen LogP contribution in [0.15, 0.2) is 24.3 Å². The van der Waals surface area contributed by atoms with Crippen LogP contribution >= 0.6 is 12.4 Å². The van der Waals surface area contributed by atoms with Crippen molar-refractivity contribution in [2.45, 2.75) is 31.4 Å². The molecule has 4 heteroatoms. The third-order valence-electron chi connectivity index (χ3n) is 3.26. The Morgan fingerprint density at radius 1 is 1.31 bits per heavy atom. The van der Waals surface area contributed by atoms with E-state index in [1.165, 1.54) is 6.42 Å². The minimum Gasteiger partial charge on any atom is -0.508 e. The number of phenols is 1. The van der Waals surface area contributed by atoms with Crippen molar-refractivity contribution in [3.63, 3.8) is 0 Å². The maximum atomic E-state index is 9.98. The minimum atomic E-state index is -0.486. The van der Waals surface area contributed by atoms with Crippen molar-refractivity contribution in [1.82, 2.24) is 0 Å². The molecule has 0 spiro atoms. The summed E-state index contributed by atoms with van der Waals surface area (Å²) in [5.41, 5.74) is 6.76. The minimum absolute atomic E-state index is 0. The van der Waals surface area contributed by atoms with Crippen molar-refractivity contribution in [3.8, 4) is 5.75 Å². The Morgan fingerprint density at radius 3 is 2.50 bits per heavy atom. The van der Waals surface area contributed by atoms with E-state index in [-0.39, 0.29) is 24.2 Å². The van der Waals surface area contributed by atoms with Gasteiger partial charge in [0.15, 0.2) is 0 Å². The predicted molar refractivity (Wildman–Crippen MR) is 65.6 cm³/mol. The van der Waals surface area contributed by atoms with Crippen LogP contribution in [0.25, 0.3) is 0 Å². The molecule has 3 nitrogen and oxygen atoms in total. The standard InChI is InChI=1S/C12H17NO2.ClH/c13-11(12(15)8-3-1-4-8)9-5-2-6-10(14)7-9;/h2,5-8,11-12,14-15H,1,3-4,13H2;1H/t11-,12+;/m1./s1. The van der Waals surface area contributed by atoms with Crippen LogP contribution in [0.5, 0.6) is 5.75 Å². The fourth-order valence-electron chi connectivity index (χ4n) is 2.00. The normalized spacial score (nSPS) is 19.4. The molecule has 0 aliphatic heterocycles. The number of hydrogen-bond donors (Lipinski definition) is 3. The second kappa shape index (κ2) is 5.53. The molecule has 0 saturated heterocycles. The highest BCUT2D eigenvalue weighted by Gasteiger charge is 2.30. The number of aliphatic hydroxyl groups excluding tert-OH is 1. The lowest BCUT2D eigenvalue weighted by Crippen LogP contribution is -2.36. The summed E-state index contributed by atoms with van der Waals surface area (Å²) in [6.45, 7) is 0. The molecule has 90 valence electrons. The van der Waals surface area contributed by atoms with Crippen LogP contribution in [-0.2, 0) is 0 Å². The molecule has 2 rings (SSSR count). The third kappa shape index (κ3) is 2.67.